The monoisotopic (exact) mass is 414 g/mol. The molecule has 1 saturated heterocycles. The third-order valence-electron chi connectivity index (χ3n) is 6.08. The van der Waals surface area contributed by atoms with E-state index >= 15 is 0 Å². The fourth-order valence-electron chi connectivity index (χ4n) is 4.37. The standard InChI is InChI=1S/C23H34N4O3/c1-4-24-23(27-14-16(2)20(15-27)22(29)30-3)25-13-17-8-7-11-19(12-17)26-21(28)18-9-5-6-10-18/h7-8,11-12,16,18,20H,4-6,9-10,13-15H2,1-3H3,(H,24,25)(H,26,28). The maximum atomic E-state index is 12.4. The van der Waals surface area contributed by atoms with Gasteiger partial charge in [0.15, 0.2) is 5.96 Å². The lowest BCUT2D eigenvalue weighted by molar-refractivity contribution is -0.146. The van der Waals surface area contributed by atoms with Crippen molar-refractivity contribution in [1.29, 1.82) is 0 Å². The molecular weight excluding hydrogens is 380 g/mol. The van der Waals surface area contributed by atoms with E-state index in [2.05, 4.69) is 22.5 Å². The molecule has 2 N–H and O–H groups in total. The summed E-state index contributed by atoms with van der Waals surface area (Å²) >= 11 is 0. The van der Waals surface area contributed by atoms with Crippen LogP contribution in [-0.4, -0.2) is 49.5 Å². The summed E-state index contributed by atoms with van der Waals surface area (Å²) in [6.07, 6.45) is 4.27. The number of carbonyl (C=O) groups is 2. The Bertz CT molecular complexity index is 773. The van der Waals surface area contributed by atoms with Gasteiger partial charge in [-0.3, -0.25) is 9.59 Å². The van der Waals surface area contributed by atoms with E-state index in [0.29, 0.717) is 13.1 Å². The van der Waals surface area contributed by atoms with Crippen molar-refractivity contribution in [3.63, 3.8) is 0 Å². The summed E-state index contributed by atoms with van der Waals surface area (Å²) in [7, 11) is 1.44. The highest BCUT2D eigenvalue weighted by molar-refractivity contribution is 5.92. The fourth-order valence-corrected chi connectivity index (χ4v) is 4.37. The molecule has 3 rings (SSSR count). The van der Waals surface area contributed by atoms with E-state index < -0.39 is 0 Å². The zero-order chi connectivity index (χ0) is 21.5. The van der Waals surface area contributed by atoms with Crippen LogP contribution in [0.25, 0.3) is 0 Å². The average molecular weight is 415 g/mol. The van der Waals surface area contributed by atoms with E-state index in [1.54, 1.807) is 0 Å². The molecule has 1 heterocycles. The molecule has 2 atom stereocenters. The minimum absolute atomic E-state index is 0.126. The zero-order valence-electron chi connectivity index (χ0n) is 18.3. The molecule has 2 fully saturated rings. The molecule has 0 aromatic heterocycles. The number of rotatable bonds is 6. The van der Waals surface area contributed by atoms with Gasteiger partial charge in [-0.1, -0.05) is 31.9 Å². The number of amides is 1. The topological polar surface area (TPSA) is 83.0 Å². The number of benzene rings is 1. The van der Waals surface area contributed by atoms with Crippen LogP contribution in [0.1, 0.15) is 45.1 Å². The van der Waals surface area contributed by atoms with Crippen LogP contribution in [0.2, 0.25) is 0 Å². The number of methoxy groups -OCH3 is 1. The molecule has 1 aromatic rings. The first-order valence-corrected chi connectivity index (χ1v) is 11.0. The highest BCUT2D eigenvalue weighted by Gasteiger charge is 2.36. The van der Waals surface area contributed by atoms with Crippen molar-refractivity contribution >= 4 is 23.5 Å². The first-order valence-electron chi connectivity index (χ1n) is 11.0. The fraction of sp³-hybridized carbons (Fsp3) is 0.609. The Labute approximate surface area is 179 Å². The number of ether oxygens (including phenoxy) is 1. The number of nitrogens with one attached hydrogen (secondary N) is 2. The summed E-state index contributed by atoms with van der Waals surface area (Å²) in [5, 5.41) is 6.39. The maximum Gasteiger partial charge on any atom is 0.310 e. The molecule has 2 aliphatic rings. The van der Waals surface area contributed by atoms with Crippen molar-refractivity contribution in [2.24, 2.45) is 22.7 Å². The van der Waals surface area contributed by atoms with Crippen molar-refractivity contribution in [2.45, 2.75) is 46.1 Å². The van der Waals surface area contributed by atoms with Gasteiger partial charge >= 0.3 is 5.97 Å². The van der Waals surface area contributed by atoms with Gasteiger partial charge in [-0.15, -0.1) is 0 Å². The third kappa shape index (κ3) is 5.52. The van der Waals surface area contributed by atoms with E-state index in [0.717, 1.165) is 56.0 Å². The molecule has 0 spiro atoms. The molecule has 164 valence electrons. The van der Waals surface area contributed by atoms with Crippen molar-refractivity contribution in [1.82, 2.24) is 10.2 Å². The lowest BCUT2D eigenvalue weighted by Gasteiger charge is -2.21. The SMILES string of the molecule is CCNC(=NCc1cccc(NC(=O)C2CCCC2)c1)N1CC(C)C(C(=O)OC)C1. The number of likely N-dealkylation sites (tertiary alicyclic amines) is 1. The van der Waals surface area contributed by atoms with Crippen LogP contribution < -0.4 is 10.6 Å². The minimum atomic E-state index is -0.161. The molecule has 1 saturated carbocycles. The first-order chi connectivity index (χ1) is 14.5. The lowest BCUT2D eigenvalue weighted by Crippen LogP contribution is -2.40. The molecule has 1 aliphatic carbocycles. The average Bonchev–Trinajstić information content (AvgIpc) is 3.41. The van der Waals surface area contributed by atoms with Gasteiger partial charge < -0.3 is 20.3 Å². The van der Waals surface area contributed by atoms with Gasteiger partial charge in [0.25, 0.3) is 0 Å². The smallest absolute Gasteiger partial charge is 0.310 e. The van der Waals surface area contributed by atoms with Crippen molar-refractivity contribution in [3.05, 3.63) is 29.8 Å². The van der Waals surface area contributed by atoms with Crippen LogP contribution in [-0.2, 0) is 20.9 Å². The van der Waals surface area contributed by atoms with E-state index in [4.69, 9.17) is 9.73 Å². The maximum absolute atomic E-state index is 12.4. The molecule has 0 bridgehead atoms. The predicted molar refractivity (Wildman–Crippen MR) is 118 cm³/mol. The van der Waals surface area contributed by atoms with Crippen LogP contribution in [0.15, 0.2) is 29.3 Å². The summed E-state index contributed by atoms with van der Waals surface area (Å²) in [4.78, 5) is 31.3. The van der Waals surface area contributed by atoms with Gasteiger partial charge in [-0.05, 0) is 43.4 Å². The van der Waals surface area contributed by atoms with Gasteiger partial charge in [-0.25, -0.2) is 4.99 Å². The Morgan fingerprint density at radius 2 is 2.00 bits per heavy atom. The van der Waals surface area contributed by atoms with Crippen molar-refractivity contribution < 1.29 is 14.3 Å². The summed E-state index contributed by atoms with van der Waals surface area (Å²) in [6, 6.07) is 7.88. The number of anilines is 1. The van der Waals surface area contributed by atoms with E-state index in [1.807, 2.05) is 31.2 Å². The molecule has 2 unspecified atom stereocenters. The van der Waals surface area contributed by atoms with E-state index in [9.17, 15) is 9.59 Å². The van der Waals surface area contributed by atoms with Crippen LogP contribution in [0.4, 0.5) is 5.69 Å². The second kappa shape index (κ2) is 10.5. The molecule has 7 heteroatoms. The van der Waals surface area contributed by atoms with Crippen molar-refractivity contribution in [2.75, 3.05) is 32.1 Å². The third-order valence-corrected chi connectivity index (χ3v) is 6.08. The normalized spacial score (nSPS) is 22.2. The molecule has 30 heavy (non-hydrogen) atoms. The van der Waals surface area contributed by atoms with Crippen LogP contribution in [0.3, 0.4) is 0 Å². The van der Waals surface area contributed by atoms with Crippen molar-refractivity contribution in [3.8, 4) is 0 Å². The Hall–Kier alpha value is -2.57. The van der Waals surface area contributed by atoms with E-state index in [-0.39, 0.29) is 29.6 Å². The Kier molecular flexibility index (Phi) is 7.71. The van der Waals surface area contributed by atoms with Gasteiger partial charge in [0.05, 0.1) is 19.6 Å². The lowest BCUT2D eigenvalue weighted by atomic mass is 9.99. The molecule has 1 aromatic carbocycles. The second-order valence-corrected chi connectivity index (χ2v) is 8.35. The Balaban J connectivity index is 1.64. The highest BCUT2D eigenvalue weighted by atomic mass is 16.5. The quantitative estimate of drug-likeness (QED) is 0.425. The minimum Gasteiger partial charge on any atom is -0.469 e. The van der Waals surface area contributed by atoms with Crippen LogP contribution in [0, 0.1) is 17.8 Å². The largest absolute Gasteiger partial charge is 0.469 e. The van der Waals surface area contributed by atoms with Gasteiger partial charge in [-0.2, -0.15) is 0 Å². The first kappa shape index (κ1) is 22.1. The number of hydrogen-bond acceptors (Lipinski definition) is 4. The summed E-state index contributed by atoms with van der Waals surface area (Å²) in [5.41, 5.74) is 1.86. The number of guanidine groups is 1. The van der Waals surface area contributed by atoms with Gasteiger partial charge in [0.1, 0.15) is 0 Å². The number of nitrogens with zero attached hydrogens (tertiary/aromatic N) is 2. The molecule has 7 nitrogen and oxygen atoms in total. The summed E-state index contributed by atoms with van der Waals surface area (Å²) < 4.78 is 4.94. The number of hydrogen-bond donors (Lipinski definition) is 2. The number of esters is 1. The van der Waals surface area contributed by atoms with Crippen LogP contribution in [0.5, 0.6) is 0 Å². The number of carbonyl (C=O) groups excluding carboxylic acids is 2. The van der Waals surface area contributed by atoms with Crippen LogP contribution >= 0.6 is 0 Å². The molecule has 1 aliphatic heterocycles. The summed E-state index contributed by atoms with van der Waals surface area (Å²) in [6.45, 7) is 6.74. The molecular formula is C23H34N4O3. The van der Waals surface area contributed by atoms with Gasteiger partial charge in [0.2, 0.25) is 5.91 Å². The molecule has 0 radical (unpaired) electrons. The summed E-state index contributed by atoms with van der Waals surface area (Å²) in [5.74, 6) is 1.000. The number of aliphatic imine (C=N–C) groups is 1. The van der Waals surface area contributed by atoms with Gasteiger partial charge in [0, 0.05) is 31.2 Å². The molecule has 1 amide bonds. The zero-order valence-corrected chi connectivity index (χ0v) is 18.3. The predicted octanol–water partition coefficient (Wildman–Crippen LogP) is 3.02. The highest BCUT2D eigenvalue weighted by Crippen LogP contribution is 2.26. The Morgan fingerprint density at radius 3 is 2.70 bits per heavy atom. The van der Waals surface area contributed by atoms with E-state index in [1.165, 1.54) is 7.11 Å². The Morgan fingerprint density at radius 1 is 1.23 bits per heavy atom. The second-order valence-electron chi connectivity index (χ2n) is 8.35.